The number of hydrogen-bond acceptors (Lipinski definition) is 5. The van der Waals surface area contributed by atoms with Gasteiger partial charge in [0.1, 0.15) is 23.1 Å². The fourth-order valence-electron chi connectivity index (χ4n) is 3.14. The Labute approximate surface area is 153 Å². The lowest BCUT2D eigenvalue weighted by Gasteiger charge is -2.26. The molecule has 5 nitrogen and oxygen atoms in total. The molecule has 134 valence electrons. The molecule has 0 fully saturated rings. The summed E-state index contributed by atoms with van der Waals surface area (Å²) in [4.78, 5) is 0. The Morgan fingerprint density at radius 2 is 2.00 bits per heavy atom. The summed E-state index contributed by atoms with van der Waals surface area (Å²) < 4.78 is 11.5. The van der Waals surface area contributed by atoms with Gasteiger partial charge >= 0.3 is 0 Å². The van der Waals surface area contributed by atoms with E-state index in [0.717, 1.165) is 36.1 Å². The second-order valence-corrected chi connectivity index (χ2v) is 6.35. The van der Waals surface area contributed by atoms with Crippen LogP contribution in [0.4, 0.5) is 5.69 Å². The first-order valence-electron chi connectivity index (χ1n) is 8.83. The van der Waals surface area contributed by atoms with Crippen LogP contribution in [0.5, 0.6) is 11.5 Å². The summed E-state index contributed by atoms with van der Waals surface area (Å²) in [6, 6.07) is 15.4. The van der Waals surface area contributed by atoms with Crippen molar-refractivity contribution in [2.24, 2.45) is 5.73 Å². The zero-order valence-corrected chi connectivity index (χ0v) is 14.9. The molecule has 2 aromatic carbocycles. The van der Waals surface area contributed by atoms with Crippen molar-refractivity contribution in [3.05, 3.63) is 65.0 Å². The molecule has 0 spiro atoms. The number of nitrogens with zero attached hydrogens (tertiary/aromatic N) is 1. The summed E-state index contributed by atoms with van der Waals surface area (Å²) in [6.45, 7) is 2.84. The molecule has 2 aromatic rings. The number of fused-ring (bicyclic) bond motifs is 1. The van der Waals surface area contributed by atoms with Crippen molar-refractivity contribution in [3.8, 4) is 17.6 Å². The van der Waals surface area contributed by atoms with Gasteiger partial charge in [-0.25, -0.2) is 0 Å². The maximum atomic E-state index is 9.62. The molecular formula is C21H23N3O2. The van der Waals surface area contributed by atoms with E-state index >= 15 is 0 Å². The van der Waals surface area contributed by atoms with Gasteiger partial charge in [0.15, 0.2) is 0 Å². The normalized spacial score (nSPS) is 15.8. The van der Waals surface area contributed by atoms with Crippen LogP contribution in [0.15, 0.2) is 53.9 Å². The van der Waals surface area contributed by atoms with E-state index in [4.69, 9.17) is 20.9 Å². The number of nitriles is 1. The maximum Gasteiger partial charge on any atom is 0.205 e. The van der Waals surface area contributed by atoms with Crippen LogP contribution in [-0.4, -0.2) is 6.61 Å². The van der Waals surface area contributed by atoms with E-state index in [2.05, 4.69) is 13.0 Å². The molecule has 0 aliphatic carbocycles. The van der Waals surface area contributed by atoms with Crippen molar-refractivity contribution in [1.82, 2.24) is 0 Å². The summed E-state index contributed by atoms with van der Waals surface area (Å²) in [5.74, 6) is 1.19. The fourth-order valence-corrected chi connectivity index (χ4v) is 3.14. The molecule has 0 aromatic heterocycles. The number of anilines is 1. The number of allylic oxidation sites excluding steroid dienone is 1. The molecule has 3 rings (SSSR count). The predicted molar refractivity (Wildman–Crippen MR) is 102 cm³/mol. The highest BCUT2D eigenvalue weighted by atomic mass is 16.5. The molecule has 1 heterocycles. The Morgan fingerprint density at radius 1 is 1.15 bits per heavy atom. The van der Waals surface area contributed by atoms with Gasteiger partial charge in [-0.2, -0.15) is 5.26 Å². The van der Waals surface area contributed by atoms with Crippen LogP contribution in [0.25, 0.3) is 0 Å². The third-order valence-corrected chi connectivity index (χ3v) is 4.45. The predicted octanol–water partition coefficient (Wildman–Crippen LogP) is 4.06. The molecule has 0 unspecified atom stereocenters. The van der Waals surface area contributed by atoms with Gasteiger partial charge in [-0.05, 0) is 30.2 Å². The second kappa shape index (κ2) is 7.83. The fraction of sp³-hybridized carbons (Fsp3) is 0.286. The molecule has 0 saturated carbocycles. The number of nitrogens with two attached hydrogens (primary N) is 2. The number of nitrogen functional groups attached to an aromatic ring is 1. The summed E-state index contributed by atoms with van der Waals surface area (Å²) in [5.41, 5.74) is 14.6. The standard InChI is InChI=1S/C21H23N3O2/c1-2-3-4-10-25-16-7-5-6-14(11-16)20-17-9-8-15(23)12-19(17)26-21(24)18(20)13-22/h5-9,11-12,20H,2-4,10,23-24H2,1H3/t20-/m1/s1. The molecular weight excluding hydrogens is 326 g/mol. The van der Waals surface area contributed by atoms with Gasteiger partial charge in [0.25, 0.3) is 0 Å². The van der Waals surface area contributed by atoms with Crippen LogP contribution in [-0.2, 0) is 0 Å². The molecule has 0 radical (unpaired) electrons. The summed E-state index contributed by atoms with van der Waals surface area (Å²) in [6.07, 6.45) is 3.32. The third kappa shape index (κ3) is 3.60. The molecule has 0 amide bonds. The van der Waals surface area contributed by atoms with E-state index in [-0.39, 0.29) is 11.8 Å². The van der Waals surface area contributed by atoms with E-state index in [1.54, 1.807) is 12.1 Å². The van der Waals surface area contributed by atoms with Crippen LogP contribution in [0.1, 0.15) is 43.2 Å². The van der Waals surface area contributed by atoms with Gasteiger partial charge in [-0.1, -0.05) is 38.0 Å². The van der Waals surface area contributed by atoms with Crippen LogP contribution in [0.3, 0.4) is 0 Å². The van der Waals surface area contributed by atoms with Crippen molar-refractivity contribution in [2.75, 3.05) is 12.3 Å². The molecule has 4 N–H and O–H groups in total. The highest BCUT2D eigenvalue weighted by Gasteiger charge is 2.30. The summed E-state index contributed by atoms with van der Waals surface area (Å²) in [7, 11) is 0. The van der Waals surface area contributed by atoms with Gasteiger partial charge in [-0.3, -0.25) is 0 Å². The van der Waals surface area contributed by atoms with Gasteiger partial charge < -0.3 is 20.9 Å². The molecule has 0 bridgehead atoms. The molecule has 1 atom stereocenters. The smallest absolute Gasteiger partial charge is 0.205 e. The first-order valence-corrected chi connectivity index (χ1v) is 8.83. The van der Waals surface area contributed by atoms with Gasteiger partial charge in [-0.15, -0.1) is 0 Å². The SMILES string of the molecule is CCCCCOc1cccc([C@H]2C(C#N)=C(N)Oc3cc(N)ccc32)c1. The minimum atomic E-state index is -0.302. The van der Waals surface area contributed by atoms with Crippen molar-refractivity contribution >= 4 is 5.69 Å². The second-order valence-electron chi connectivity index (χ2n) is 6.35. The lowest BCUT2D eigenvalue weighted by molar-refractivity contribution is 0.306. The van der Waals surface area contributed by atoms with E-state index in [1.807, 2.05) is 30.3 Å². The van der Waals surface area contributed by atoms with E-state index in [1.165, 1.54) is 0 Å². The lowest BCUT2D eigenvalue weighted by Crippen LogP contribution is -2.21. The first kappa shape index (κ1) is 17.7. The lowest BCUT2D eigenvalue weighted by atomic mass is 9.83. The van der Waals surface area contributed by atoms with E-state index in [9.17, 15) is 5.26 Å². The largest absolute Gasteiger partial charge is 0.494 e. The Balaban J connectivity index is 1.96. The quantitative estimate of drug-likeness (QED) is 0.606. The average molecular weight is 349 g/mol. The number of benzene rings is 2. The minimum absolute atomic E-state index is 0.116. The molecule has 1 aliphatic heterocycles. The van der Waals surface area contributed by atoms with Crippen LogP contribution in [0, 0.1) is 11.3 Å². The molecule has 5 heteroatoms. The monoisotopic (exact) mass is 349 g/mol. The van der Waals surface area contributed by atoms with E-state index < -0.39 is 0 Å². The van der Waals surface area contributed by atoms with Crippen molar-refractivity contribution in [1.29, 1.82) is 5.26 Å². The van der Waals surface area contributed by atoms with Crippen LogP contribution >= 0.6 is 0 Å². The highest BCUT2D eigenvalue weighted by molar-refractivity contribution is 5.59. The molecule has 26 heavy (non-hydrogen) atoms. The topological polar surface area (TPSA) is 94.3 Å². The van der Waals surface area contributed by atoms with Crippen molar-refractivity contribution in [3.63, 3.8) is 0 Å². The zero-order valence-electron chi connectivity index (χ0n) is 14.9. The van der Waals surface area contributed by atoms with Crippen LogP contribution in [0.2, 0.25) is 0 Å². The van der Waals surface area contributed by atoms with Gasteiger partial charge in [0.2, 0.25) is 5.88 Å². The number of ether oxygens (including phenoxy) is 2. The Bertz CT molecular complexity index is 868. The Kier molecular flexibility index (Phi) is 5.33. The van der Waals surface area contributed by atoms with Gasteiger partial charge in [0, 0.05) is 17.3 Å². The Hall–Kier alpha value is -3.13. The van der Waals surface area contributed by atoms with Crippen molar-refractivity contribution < 1.29 is 9.47 Å². The molecule has 1 aliphatic rings. The number of unbranched alkanes of at least 4 members (excludes halogenated alkanes) is 2. The number of rotatable bonds is 6. The van der Waals surface area contributed by atoms with Crippen molar-refractivity contribution in [2.45, 2.75) is 32.1 Å². The highest BCUT2D eigenvalue weighted by Crippen LogP contribution is 2.43. The summed E-state index contributed by atoms with van der Waals surface area (Å²) >= 11 is 0. The maximum absolute atomic E-state index is 9.62. The third-order valence-electron chi connectivity index (χ3n) is 4.45. The number of hydrogen-bond donors (Lipinski definition) is 2. The first-order chi connectivity index (χ1) is 12.6. The average Bonchev–Trinajstić information content (AvgIpc) is 2.64. The minimum Gasteiger partial charge on any atom is -0.494 e. The zero-order chi connectivity index (χ0) is 18.5. The Morgan fingerprint density at radius 3 is 2.77 bits per heavy atom. The van der Waals surface area contributed by atoms with E-state index in [0.29, 0.717) is 23.6 Å². The van der Waals surface area contributed by atoms with Gasteiger partial charge in [0.05, 0.1) is 12.5 Å². The summed E-state index contributed by atoms with van der Waals surface area (Å²) in [5, 5.41) is 9.62. The van der Waals surface area contributed by atoms with Crippen LogP contribution < -0.4 is 20.9 Å². The molecule has 0 saturated heterocycles.